The Kier molecular flexibility index (Phi) is 8.25. The second-order valence-electron chi connectivity index (χ2n) is 9.53. The third-order valence-corrected chi connectivity index (χ3v) is 6.53. The van der Waals surface area contributed by atoms with Crippen molar-refractivity contribution in [3.63, 3.8) is 0 Å². The molecule has 4 rings (SSSR count). The molecule has 182 valence electrons. The van der Waals surface area contributed by atoms with Crippen LogP contribution < -0.4 is 9.47 Å². The molecule has 0 unspecified atom stereocenters. The summed E-state index contributed by atoms with van der Waals surface area (Å²) >= 11 is 0. The maximum Gasteiger partial charge on any atom is 0.122 e. The summed E-state index contributed by atoms with van der Waals surface area (Å²) in [5, 5.41) is 15.4. The Morgan fingerprint density at radius 1 is 1.03 bits per heavy atom. The lowest BCUT2D eigenvalue weighted by molar-refractivity contribution is -0.0170. The van der Waals surface area contributed by atoms with Gasteiger partial charge in [0.05, 0.1) is 12.2 Å². The van der Waals surface area contributed by atoms with E-state index in [1.54, 1.807) is 6.20 Å². The van der Waals surface area contributed by atoms with Gasteiger partial charge in [-0.15, -0.1) is 0 Å². The molecule has 2 heterocycles. The number of aliphatic hydroxyl groups is 1. The number of aromatic nitrogens is 2. The average molecular weight is 464 g/mol. The van der Waals surface area contributed by atoms with E-state index in [2.05, 4.69) is 60.2 Å². The fourth-order valence-electron chi connectivity index (χ4n) is 4.51. The average Bonchev–Trinajstić information content (AvgIpc) is 3.27. The zero-order valence-corrected chi connectivity index (χ0v) is 20.4. The fourth-order valence-corrected chi connectivity index (χ4v) is 4.51. The Bertz CT molecular complexity index is 1020. The SMILES string of the molecule is Cc1ccc(OC[C@@]2(O)CCCN(Cc3ccc(OCCCn4cccn4)cc3)CC2)c(C)c1. The van der Waals surface area contributed by atoms with Crippen molar-refractivity contribution in [3.8, 4) is 11.5 Å². The summed E-state index contributed by atoms with van der Waals surface area (Å²) in [6.07, 6.45) is 7.13. The molecule has 6 nitrogen and oxygen atoms in total. The highest BCUT2D eigenvalue weighted by molar-refractivity contribution is 5.35. The predicted molar refractivity (Wildman–Crippen MR) is 134 cm³/mol. The lowest BCUT2D eigenvalue weighted by atomic mass is 9.96. The minimum absolute atomic E-state index is 0.344. The molecular formula is C28H37N3O3. The highest BCUT2D eigenvalue weighted by atomic mass is 16.5. The van der Waals surface area contributed by atoms with E-state index in [-0.39, 0.29) is 0 Å². The second kappa shape index (κ2) is 11.5. The molecule has 1 aliphatic heterocycles. The second-order valence-corrected chi connectivity index (χ2v) is 9.53. The maximum atomic E-state index is 11.2. The number of likely N-dealkylation sites (tertiary alicyclic amines) is 1. The van der Waals surface area contributed by atoms with Crippen LogP contribution in [-0.2, 0) is 13.1 Å². The maximum absolute atomic E-state index is 11.2. The van der Waals surface area contributed by atoms with E-state index >= 15 is 0 Å². The Hall–Kier alpha value is -2.83. The number of hydrogen-bond donors (Lipinski definition) is 1. The molecule has 34 heavy (non-hydrogen) atoms. The number of nitrogens with zero attached hydrogens (tertiary/aromatic N) is 3. The minimum Gasteiger partial charge on any atom is -0.494 e. The highest BCUT2D eigenvalue weighted by Gasteiger charge is 2.31. The van der Waals surface area contributed by atoms with E-state index in [0.29, 0.717) is 13.2 Å². The molecule has 1 N–H and O–H groups in total. The number of hydrogen-bond acceptors (Lipinski definition) is 5. The first-order valence-corrected chi connectivity index (χ1v) is 12.3. The lowest BCUT2D eigenvalue weighted by Gasteiger charge is -2.27. The Morgan fingerprint density at radius 2 is 1.88 bits per heavy atom. The van der Waals surface area contributed by atoms with Crippen LogP contribution in [0, 0.1) is 13.8 Å². The van der Waals surface area contributed by atoms with Gasteiger partial charge in [0.25, 0.3) is 0 Å². The summed E-state index contributed by atoms with van der Waals surface area (Å²) in [5.41, 5.74) is 2.82. The van der Waals surface area contributed by atoms with Crippen molar-refractivity contribution in [3.05, 3.63) is 77.6 Å². The summed E-state index contributed by atoms with van der Waals surface area (Å²) in [4.78, 5) is 2.43. The normalized spacial score (nSPS) is 19.0. The summed E-state index contributed by atoms with van der Waals surface area (Å²) in [7, 11) is 0. The number of benzene rings is 2. The van der Waals surface area contributed by atoms with Crippen LogP contribution in [0.2, 0.25) is 0 Å². The Morgan fingerprint density at radius 3 is 2.65 bits per heavy atom. The molecule has 1 atom stereocenters. The molecule has 0 radical (unpaired) electrons. The molecule has 0 aliphatic carbocycles. The summed E-state index contributed by atoms with van der Waals surface area (Å²) in [6, 6.07) is 16.5. The van der Waals surface area contributed by atoms with Gasteiger partial charge in [0.1, 0.15) is 18.1 Å². The molecule has 3 aromatic rings. The van der Waals surface area contributed by atoms with Gasteiger partial charge in [0.2, 0.25) is 0 Å². The summed E-state index contributed by atoms with van der Waals surface area (Å²) < 4.78 is 13.8. The van der Waals surface area contributed by atoms with E-state index in [9.17, 15) is 5.11 Å². The molecule has 6 heteroatoms. The van der Waals surface area contributed by atoms with Gasteiger partial charge < -0.3 is 14.6 Å². The fraction of sp³-hybridized carbons (Fsp3) is 0.464. The van der Waals surface area contributed by atoms with Crippen LogP contribution in [0.3, 0.4) is 0 Å². The van der Waals surface area contributed by atoms with Crippen molar-refractivity contribution in [2.24, 2.45) is 0 Å². The molecule has 0 amide bonds. The molecule has 0 bridgehead atoms. The van der Waals surface area contributed by atoms with E-state index in [1.807, 2.05) is 23.0 Å². The minimum atomic E-state index is -0.778. The van der Waals surface area contributed by atoms with Gasteiger partial charge in [-0.25, -0.2) is 0 Å². The predicted octanol–water partition coefficient (Wildman–Crippen LogP) is 4.77. The largest absolute Gasteiger partial charge is 0.494 e. The standard InChI is InChI=1S/C28H37N3O3/c1-23-6-11-27(24(2)20-23)34-22-28(32)12-3-15-30(18-13-28)21-25-7-9-26(10-8-25)33-19-5-17-31-16-4-14-29-31/h4,6-11,14,16,20,32H,3,5,12-13,15,17-19,21-22H2,1-2H3/t28-/m1/s1. The number of aryl methyl sites for hydroxylation is 3. The molecule has 0 spiro atoms. The van der Waals surface area contributed by atoms with Crippen molar-refractivity contribution in [2.45, 2.75) is 58.2 Å². The quantitative estimate of drug-likeness (QED) is 0.439. The Labute approximate surface area is 203 Å². The van der Waals surface area contributed by atoms with Crippen molar-refractivity contribution in [1.29, 1.82) is 0 Å². The topological polar surface area (TPSA) is 59.8 Å². The van der Waals surface area contributed by atoms with Crippen LogP contribution >= 0.6 is 0 Å². The van der Waals surface area contributed by atoms with Crippen LogP contribution in [0.5, 0.6) is 11.5 Å². The monoisotopic (exact) mass is 463 g/mol. The first-order chi connectivity index (χ1) is 16.5. The highest BCUT2D eigenvalue weighted by Crippen LogP contribution is 2.26. The third kappa shape index (κ3) is 7.08. The van der Waals surface area contributed by atoms with E-state index in [4.69, 9.17) is 9.47 Å². The molecule has 1 fully saturated rings. The Balaban J connectivity index is 1.20. The third-order valence-electron chi connectivity index (χ3n) is 6.53. The van der Waals surface area contributed by atoms with E-state index < -0.39 is 5.60 Å². The first-order valence-electron chi connectivity index (χ1n) is 12.3. The van der Waals surface area contributed by atoms with Crippen LogP contribution in [0.1, 0.15) is 42.4 Å². The van der Waals surface area contributed by atoms with Gasteiger partial charge in [-0.2, -0.15) is 5.10 Å². The van der Waals surface area contributed by atoms with Gasteiger partial charge in [-0.1, -0.05) is 29.8 Å². The van der Waals surface area contributed by atoms with Crippen molar-refractivity contribution in [1.82, 2.24) is 14.7 Å². The van der Waals surface area contributed by atoms with Crippen molar-refractivity contribution < 1.29 is 14.6 Å². The zero-order chi connectivity index (χ0) is 23.8. The van der Waals surface area contributed by atoms with Crippen LogP contribution in [0.15, 0.2) is 60.9 Å². The molecule has 0 saturated carbocycles. The molecule has 1 aromatic heterocycles. The van der Waals surface area contributed by atoms with Gasteiger partial charge >= 0.3 is 0 Å². The van der Waals surface area contributed by atoms with Gasteiger partial charge in [0, 0.05) is 38.4 Å². The lowest BCUT2D eigenvalue weighted by Crippen LogP contribution is -2.37. The molecule has 2 aromatic carbocycles. The first kappa shape index (κ1) is 24.3. The number of ether oxygens (including phenoxy) is 2. The van der Waals surface area contributed by atoms with Crippen LogP contribution in [0.4, 0.5) is 0 Å². The van der Waals surface area contributed by atoms with Crippen LogP contribution in [0.25, 0.3) is 0 Å². The van der Waals surface area contributed by atoms with Crippen molar-refractivity contribution >= 4 is 0 Å². The summed E-state index contributed by atoms with van der Waals surface area (Å²) in [6.45, 7) is 8.74. The molecule has 1 saturated heterocycles. The van der Waals surface area contributed by atoms with Gasteiger partial charge in [0.15, 0.2) is 0 Å². The van der Waals surface area contributed by atoms with Gasteiger partial charge in [-0.05, 0) is 75.0 Å². The summed E-state index contributed by atoms with van der Waals surface area (Å²) in [5.74, 6) is 1.77. The van der Waals surface area contributed by atoms with Crippen LogP contribution in [-0.4, -0.2) is 51.7 Å². The van der Waals surface area contributed by atoms with E-state index in [0.717, 1.165) is 68.9 Å². The molecular weight excluding hydrogens is 426 g/mol. The van der Waals surface area contributed by atoms with Gasteiger partial charge in [-0.3, -0.25) is 9.58 Å². The van der Waals surface area contributed by atoms with Crippen molar-refractivity contribution in [2.75, 3.05) is 26.3 Å². The zero-order valence-electron chi connectivity index (χ0n) is 20.4. The molecule has 1 aliphatic rings. The smallest absolute Gasteiger partial charge is 0.122 e. The number of rotatable bonds is 10. The van der Waals surface area contributed by atoms with E-state index in [1.165, 1.54) is 11.1 Å².